The van der Waals surface area contributed by atoms with Gasteiger partial charge < -0.3 is 10.4 Å². The van der Waals surface area contributed by atoms with Crippen LogP contribution in [-0.4, -0.2) is 27.2 Å². The molecular formula is C15H17N3O3. The third kappa shape index (κ3) is 2.42. The molecule has 0 unspecified atom stereocenters. The number of nitrogens with zero attached hydrogens (tertiary/aromatic N) is 2. The lowest BCUT2D eigenvalue weighted by atomic mass is 9.77. The Morgan fingerprint density at radius 3 is 2.76 bits per heavy atom. The van der Waals surface area contributed by atoms with Crippen molar-refractivity contribution in [1.82, 2.24) is 4.98 Å². The van der Waals surface area contributed by atoms with E-state index in [0.29, 0.717) is 0 Å². The van der Waals surface area contributed by atoms with Gasteiger partial charge in [-0.15, -0.1) is 0 Å². The Kier molecular flexibility index (Phi) is 3.25. The topological polar surface area (TPSA) is 88.3 Å². The number of rotatable bonds is 4. The first-order valence-corrected chi connectivity index (χ1v) is 6.98. The fourth-order valence-corrected chi connectivity index (χ4v) is 2.78. The van der Waals surface area contributed by atoms with E-state index in [1.807, 2.05) is 13.0 Å². The molecule has 6 heteroatoms. The van der Waals surface area contributed by atoms with Crippen molar-refractivity contribution in [3.63, 3.8) is 0 Å². The van der Waals surface area contributed by atoms with Gasteiger partial charge in [-0.1, -0.05) is 0 Å². The number of nitro benzene ring substituents is 1. The van der Waals surface area contributed by atoms with E-state index in [1.165, 1.54) is 12.1 Å². The molecule has 1 aromatic heterocycles. The molecule has 1 fully saturated rings. The van der Waals surface area contributed by atoms with Crippen molar-refractivity contribution < 1.29 is 10.0 Å². The molecule has 1 heterocycles. The Morgan fingerprint density at radius 2 is 2.19 bits per heavy atom. The molecule has 0 aliphatic heterocycles. The lowest BCUT2D eigenvalue weighted by molar-refractivity contribution is -0.384. The number of pyridine rings is 1. The summed E-state index contributed by atoms with van der Waals surface area (Å²) >= 11 is 0. The number of aliphatic hydroxyl groups is 1. The van der Waals surface area contributed by atoms with Crippen LogP contribution >= 0.6 is 0 Å². The highest BCUT2D eigenvalue weighted by atomic mass is 16.6. The maximum absolute atomic E-state index is 11.0. The van der Waals surface area contributed by atoms with Gasteiger partial charge in [0.15, 0.2) is 0 Å². The third-order valence-electron chi connectivity index (χ3n) is 4.14. The second kappa shape index (κ2) is 4.96. The fourth-order valence-electron chi connectivity index (χ4n) is 2.78. The van der Waals surface area contributed by atoms with Gasteiger partial charge >= 0.3 is 0 Å². The summed E-state index contributed by atoms with van der Waals surface area (Å²) in [5.41, 5.74) is 2.10. The Labute approximate surface area is 122 Å². The Bertz CT molecular complexity index is 705. The number of anilines is 1. The average molecular weight is 287 g/mol. The number of aliphatic hydroxyl groups excluding tert-OH is 1. The lowest BCUT2D eigenvalue weighted by Crippen LogP contribution is -2.48. The number of aromatic nitrogens is 1. The maximum atomic E-state index is 11.0. The van der Waals surface area contributed by atoms with E-state index < -0.39 is 4.92 Å². The summed E-state index contributed by atoms with van der Waals surface area (Å²) in [4.78, 5) is 15.0. The summed E-state index contributed by atoms with van der Waals surface area (Å²) in [6.45, 7) is 1.95. The largest absolute Gasteiger partial charge is 0.394 e. The Morgan fingerprint density at radius 1 is 1.43 bits per heavy atom. The molecule has 0 atom stereocenters. The van der Waals surface area contributed by atoms with Crippen LogP contribution in [-0.2, 0) is 0 Å². The van der Waals surface area contributed by atoms with Crippen LogP contribution in [0.25, 0.3) is 10.9 Å². The number of aryl methyl sites for hydroxylation is 1. The van der Waals surface area contributed by atoms with Crippen molar-refractivity contribution in [3.8, 4) is 0 Å². The molecule has 0 radical (unpaired) electrons. The standard InChI is InChI=1S/C15H17N3O3/c1-10-7-14(17-15(9-19)5-2-6-15)12-8-11(18(20)21)3-4-13(12)16-10/h3-4,7-8,19H,2,5-6,9H2,1H3,(H,16,17). The predicted molar refractivity (Wildman–Crippen MR) is 80.4 cm³/mol. The number of hydrogen-bond acceptors (Lipinski definition) is 5. The summed E-state index contributed by atoms with van der Waals surface area (Å²) in [5.74, 6) is 0. The molecule has 0 saturated heterocycles. The number of nitrogens with one attached hydrogen (secondary N) is 1. The number of non-ortho nitro benzene ring substituents is 1. The number of fused-ring (bicyclic) bond motifs is 1. The van der Waals surface area contributed by atoms with Gasteiger partial charge in [0.25, 0.3) is 5.69 Å². The van der Waals surface area contributed by atoms with Crippen molar-refractivity contribution in [1.29, 1.82) is 0 Å². The molecule has 6 nitrogen and oxygen atoms in total. The van der Waals surface area contributed by atoms with Gasteiger partial charge in [-0.2, -0.15) is 0 Å². The van der Waals surface area contributed by atoms with E-state index in [0.717, 1.165) is 41.5 Å². The van der Waals surface area contributed by atoms with Gasteiger partial charge in [-0.05, 0) is 38.3 Å². The second-order valence-electron chi connectivity index (χ2n) is 5.69. The van der Waals surface area contributed by atoms with Gasteiger partial charge in [0.05, 0.1) is 22.6 Å². The quantitative estimate of drug-likeness (QED) is 0.666. The molecule has 2 aromatic rings. The van der Waals surface area contributed by atoms with Crippen molar-refractivity contribution >= 4 is 22.3 Å². The maximum Gasteiger partial charge on any atom is 0.270 e. The molecule has 21 heavy (non-hydrogen) atoms. The van der Waals surface area contributed by atoms with Gasteiger partial charge in [-0.3, -0.25) is 15.1 Å². The average Bonchev–Trinajstić information content (AvgIpc) is 2.42. The number of benzene rings is 1. The van der Waals surface area contributed by atoms with Gasteiger partial charge in [0.1, 0.15) is 0 Å². The van der Waals surface area contributed by atoms with Gasteiger partial charge in [-0.25, -0.2) is 0 Å². The second-order valence-corrected chi connectivity index (χ2v) is 5.69. The van der Waals surface area contributed by atoms with E-state index >= 15 is 0 Å². The zero-order valence-corrected chi connectivity index (χ0v) is 11.8. The van der Waals surface area contributed by atoms with E-state index in [1.54, 1.807) is 6.07 Å². The third-order valence-corrected chi connectivity index (χ3v) is 4.14. The highest BCUT2D eigenvalue weighted by molar-refractivity contribution is 5.93. The summed E-state index contributed by atoms with van der Waals surface area (Å²) in [5, 5.41) is 24.6. The predicted octanol–water partition coefficient (Wildman–Crippen LogP) is 2.78. The first-order chi connectivity index (χ1) is 10.0. The minimum Gasteiger partial charge on any atom is -0.394 e. The number of nitro groups is 1. The van der Waals surface area contributed by atoms with Crippen LogP contribution in [0.5, 0.6) is 0 Å². The van der Waals surface area contributed by atoms with Crippen LogP contribution in [0.2, 0.25) is 0 Å². The normalized spacial score (nSPS) is 16.5. The van der Waals surface area contributed by atoms with Gasteiger partial charge in [0, 0.05) is 28.9 Å². The molecule has 1 aliphatic rings. The first-order valence-electron chi connectivity index (χ1n) is 6.98. The van der Waals surface area contributed by atoms with E-state index in [4.69, 9.17) is 0 Å². The van der Waals surface area contributed by atoms with Crippen LogP contribution in [0.3, 0.4) is 0 Å². The van der Waals surface area contributed by atoms with E-state index in [9.17, 15) is 15.2 Å². The summed E-state index contributed by atoms with van der Waals surface area (Å²) in [6, 6.07) is 6.54. The van der Waals surface area contributed by atoms with Crippen molar-refractivity contribution in [2.45, 2.75) is 31.7 Å². The number of hydrogen-bond donors (Lipinski definition) is 2. The summed E-state index contributed by atoms with van der Waals surface area (Å²) < 4.78 is 0. The van der Waals surface area contributed by atoms with Crippen LogP contribution in [0, 0.1) is 17.0 Å². The smallest absolute Gasteiger partial charge is 0.270 e. The SMILES string of the molecule is Cc1cc(NC2(CO)CCC2)c2cc([N+](=O)[O-])ccc2n1. The minimum absolute atomic E-state index is 0.0443. The summed E-state index contributed by atoms with van der Waals surface area (Å²) in [7, 11) is 0. The lowest BCUT2D eigenvalue weighted by Gasteiger charge is -2.42. The zero-order chi connectivity index (χ0) is 15.0. The molecular weight excluding hydrogens is 270 g/mol. The highest BCUT2D eigenvalue weighted by Gasteiger charge is 2.36. The molecule has 0 spiro atoms. The van der Waals surface area contributed by atoms with Crippen LogP contribution < -0.4 is 5.32 Å². The zero-order valence-electron chi connectivity index (χ0n) is 11.8. The molecule has 1 aromatic carbocycles. The van der Waals surface area contributed by atoms with E-state index in [2.05, 4.69) is 10.3 Å². The van der Waals surface area contributed by atoms with Crippen LogP contribution in [0.4, 0.5) is 11.4 Å². The molecule has 1 aliphatic carbocycles. The molecule has 110 valence electrons. The Hall–Kier alpha value is -2.21. The first kappa shape index (κ1) is 13.8. The fraction of sp³-hybridized carbons (Fsp3) is 0.400. The van der Waals surface area contributed by atoms with E-state index in [-0.39, 0.29) is 17.8 Å². The van der Waals surface area contributed by atoms with Crippen LogP contribution in [0.1, 0.15) is 25.0 Å². The molecule has 2 N–H and O–H groups in total. The highest BCUT2D eigenvalue weighted by Crippen LogP contribution is 2.37. The molecule has 3 rings (SSSR count). The minimum atomic E-state index is -0.408. The molecule has 0 amide bonds. The van der Waals surface area contributed by atoms with Crippen LogP contribution in [0.15, 0.2) is 24.3 Å². The van der Waals surface area contributed by atoms with Crippen molar-refractivity contribution in [2.75, 3.05) is 11.9 Å². The van der Waals surface area contributed by atoms with Crippen molar-refractivity contribution in [2.24, 2.45) is 0 Å². The molecule has 1 saturated carbocycles. The monoisotopic (exact) mass is 287 g/mol. The van der Waals surface area contributed by atoms with Crippen molar-refractivity contribution in [3.05, 3.63) is 40.1 Å². The van der Waals surface area contributed by atoms with Gasteiger partial charge in [0.2, 0.25) is 0 Å². The Balaban J connectivity index is 2.10. The molecule has 0 bridgehead atoms. The summed E-state index contributed by atoms with van der Waals surface area (Å²) in [6.07, 6.45) is 2.89.